The Balaban J connectivity index is 1.56. The van der Waals surface area contributed by atoms with Gasteiger partial charge in [-0.05, 0) is 31.9 Å². The predicted molar refractivity (Wildman–Crippen MR) is 90.5 cm³/mol. The quantitative estimate of drug-likeness (QED) is 0.928. The van der Waals surface area contributed by atoms with Crippen molar-refractivity contribution in [2.24, 2.45) is 5.92 Å². The van der Waals surface area contributed by atoms with E-state index in [-0.39, 0.29) is 23.3 Å². The molecule has 3 rings (SSSR count). The number of halogens is 1. The molecule has 0 atom stereocenters. The number of carbonyl (C=O) groups is 2. The van der Waals surface area contributed by atoms with Crippen molar-refractivity contribution in [3.8, 4) is 0 Å². The average molecular weight is 347 g/mol. The van der Waals surface area contributed by atoms with Gasteiger partial charge in [-0.15, -0.1) is 11.3 Å². The Bertz CT molecular complexity index is 754. The molecule has 126 valence electrons. The molecule has 5 nitrogen and oxygen atoms in total. The summed E-state index contributed by atoms with van der Waals surface area (Å²) < 4.78 is 13.7. The number of aromatic nitrogens is 1. The second-order valence-electron chi connectivity index (χ2n) is 5.83. The summed E-state index contributed by atoms with van der Waals surface area (Å²) in [4.78, 5) is 30.5. The molecule has 7 heteroatoms. The highest BCUT2D eigenvalue weighted by Crippen LogP contribution is 2.22. The average Bonchev–Trinajstić information content (AvgIpc) is 2.99. The van der Waals surface area contributed by atoms with Gasteiger partial charge in [0.1, 0.15) is 5.82 Å². The van der Waals surface area contributed by atoms with Crippen LogP contribution in [0.4, 0.5) is 9.52 Å². The summed E-state index contributed by atoms with van der Waals surface area (Å²) in [7, 11) is 0. The van der Waals surface area contributed by atoms with Crippen LogP contribution in [0.15, 0.2) is 29.6 Å². The van der Waals surface area contributed by atoms with E-state index in [1.165, 1.54) is 23.5 Å². The van der Waals surface area contributed by atoms with E-state index >= 15 is 0 Å². The maximum Gasteiger partial charge on any atom is 0.256 e. The van der Waals surface area contributed by atoms with E-state index in [2.05, 4.69) is 10.3 Å². The van der Waals surface area contributed by atoms with E-state index in [9.17, 15) is 14.0 Å². The van der Waals surface area contributed by atoms with Crippen LogP contribution in [0.2, 0.25) is 0 Å². The smallest absolute Gasteiger partial charge is 0.256 e. The van der Waals surface area contributed by atoms with Gasteiger partial charge in [0.2, 0.25) is 5.91 Å². The molecule has 24 heavy (non-hydrogen) atoms. The summed E-state index contributed by atoms with van der Waals surface area (Å²) >= 11 is 1.40. The number of aryl methyl sites for hydroxylation is 1. The summed E-state index contributed by atoms with van der Waals surface area (Å²) in [5, 5.41) is 5.30. The monoisotopic (exact) mass is 347 g/mol. The molecule has 1 aromatic heterocycles. The van der Waals surface area contributed by atoms with Crippen molar-refractivity contribution < 1.29 is 14.0 Å². The maximum atomic E-state index is 13.7. The minimum Gasteiger partial charge on any atom is -0.339 e. The molecule has 1 aromatic carbocycles. The van der Waals surface area contributed by atoms with Crippen molar-refractivity contribution in [3.63, 3.8) is 0 Å². The van der Waals surface area contributed by atoms with Crippen LogP contribution in [0.3, 0.4) is 0 Å². The highest BCUT2D eigenvalue weighted by Gasteiger charge is 2.29. The number of rotatable bonds is 3. The molecule has 2 heterocycles. The van der Waals surface area contributed by atoms with Crippen molar-refractivity contribution in [2.75, 3.05) is 18.4 Å². The van der Waals surface area contributed by atoms with Crippen LogP contribution in [-0.2, 0) is 4.79 Å². The number of carbonyl (C=O) groups excluding carboxylic acids is 2. The molecule has 0 aliphatic carbocycles. The fourth-order valence-corrected chi connectivity index (χ4v) is 3.46. The molecule has 2 aromatic rings. The third kappa shape index (κ3) is 3.62. The van der Waals surface area contributed by atoms with Gasteiger partial charge < -0.3 is 10.2 Å². The third-order valence-electron chi connectivity index (χ3n) is 4.11. The van der Waals surface area contributed by atoms with Gasteiger partial charge >= 0.3 is 0 Å². The number of nitrogens with one attached hydrogen (secondary N) is 1. The van der Waals surface area contributed by atoms with Gasteiger partial charge in [-0.2, -0.15) is 0 Å². The Morgan fingerprint density at radius 3 is 2.62 bits per heavy atom. The van der Waals surface area contributed by atoms with Crippen molar-refractivity contribution in [1.82, 2.24) is 9.88 Å². The SMILES string of the molecule is Cc1csc(NC(=O)C2CCN(C(=O)c3ccccc3F)CC2)n1. The third-order valence-corrected chi connectivity index (χ3v) is 4.98. The zero-order chi connectivity index (χ0) is 17.1. The summed E-state index contributed by atoms with van der Waals surface area (Å²) in [6.45, 7) is 2.77. The second kappa shape index (κ2) is 7.09. The zero-order valence-corrected chi connectivity index (χ0v) is 14.1. The number of hydrogen-bond acceptors (Lipinski definition) is 4. The van der Waals surface area contributed by atoms with E-state index in [1.807, 2.05) is 12.3 Å². The lowest BCUT2D eigenvalue weighted by Crippen LogP contribution is -2.41. The molecule has 0 spiro atoms. The van der Waals surface area contributed by atoms with Gasteiger partial charge in [0, 0.05) is 24.4 Å². The van der Waals surface area contributed by atoms with Crippen LogP contribution in [-0.4, -0.2) is 34.8 Å². The summed E-state index contributed by atoms with van der Waals surface area (Å²) in [6.07, 6.45) is 1.13. The number of benzene rings is 1. The number of anilines is 1. The van der Waals surface area contributed by atoms with Crippen LogP contribution < -0.4 is 5.32 Å². The van der Waals surface area contributed by atoms with Crippen LogP contribution in [0.1, 0.15) is 28.9 Å². The molecule has 1 aliphatic heterocycles. The van der Waals surface area contributed by atoms with Crippen molar-refractivity contribution in [1.29, 1.82) is 0 Å². The highest BCUT2D eigenvalue weighted by molar-refractivity contribution is 7.13. The van der Waals surface area contributed by atoms with Gasteiger partial charge in [-0.25, -0.2) is 9.37 Å². The number of likely N-dealkylation sites (tertiary alicyclic amines) is 1. The van der Waals surface area contributed by atoms with Gasteiger partial charge in [-0.1, -0.05) is 12.1 Å². The van der Waals surface area contributed by atoms with Gasteiger partial charge in [0.15, 0.2) is 5.13 Å². The number of thiazole rings is 1. The van der Waals surface area contributed by atoms with Crippen molar-refractivity contribution >= 4 is 28.3 Å². The highest BCUT2D eigenvalue weighted by atomic mass is 32.1. The van der Waals surface area contributed by atoms with Gasteiger partial charge in [0.25, 0.3) is 5.91 Å². The zero-order valence-electron chi connectivity index (χ0n) is 13.3. The van der Waals surface area contributed by atoms with Gasteiger partial charge in [0.05, 0.1) is 11.3 Å². The number of amides is 2. The first kappa shape index (κ1) is 16.6. The lowest BCUT2D eigenvalue weighted by Gasteiger charge is -2.31. The number of nitrogens with zero attached hydrogens (tertiary/aromatic N) is 2. The minimum atomic E-state index is -0.512. The fraction of sp³-hybridized carbons (Fsp3) is 0.353. The molecule has 2 amide bonds. The molecular weight excluding hydrogens is 329 g/mol. The minimum absolute atomic E-state index is 0.0673. The van der Waals surface area contributed by atoms with Crippen LogP contribution in [0.25, 0.3) is 0 Å². The topological polar surface area (TPSA) is 62.3 Å². The predicted octanol–water partition coefficient (Wildman–Crippen LogP) is 3.08. The first-order valence-corrected chi connectivity index (χ1v) is 8.69. The van der Waals surface area contributed by atoms with Crippen molar-refractivity contribution in [3.05, 3.63) is 46.7 Å². The Kier molecular flexibility index (Phi) is 4.89. The molecule has 0 saturated carbocycles. The van der Waals surface area contributed by atoms with E-state index in [1.54, 1.807) is 17.0 Å². The molecule has 1 N–H and O–H groups in total. The van der Waals surface area contributed by atoms with E-state index in [0.29, 0.717) is 31.1 Å². The summed E-state index contributed by atoms with van der Waals surface area (Å²) in [5.41, 5.74) is 0.958. The standard InChI is InChI=1S/C17H18FN3O2S/c1-11-10-24-17(19-11)20-15(22)12-6-8-21(9-7-12)16(23)13-4-2-3-5-14(13)18/h2-5,10,12H,6-9H2,1H3,(H,19,20,22). The molecule has 0 bridgehead atoms. The first-order valence-electron chi connectivity index (χ1n) is 7.81. The Morgan fingerprint density at radius 2 is 2.00 bits per heavy atom. The lowest BCUT2D eigenvalue weighted by atomic mass is 9.95. The van der Waals surface area contributed by atoms with E-state index in [0.717, 1.165) is 5.69 Å². The Labute approximate surface area is 143 Å². The normalized spacial score (nSPS) is 15.3. The van der Waals surface area contributed by atoms with Crippen LogP contribution >= 0.6 is 11.3 Å². The number of piperidine rings is 1. The lowest BCUT2D eigenvalue weighted by molar-refractivity contribution is -0.121. The van der Waals surface area contributed by atoms with Crippen LogP contribution in [0, 0.1) is 18.7 Å². The Hall–Kier alpha value is -2.28. The van der Waals surface area contributed by atoms with E-state index in [4.69, 9.17) is 0 Å². The second-order valence-corrected chi connectivity index (χ2v) is 6.69. The molecule has 0 radical (unpaired) electrons. The molecule has 1 saturated heterocycles. The van der Waals surface area contributed by atoms with Crippen molar-refractivity contribution in [2.45, 2.75) is 19.8 Å². The fourth-order valence-electron chi connectivity index (χ4n) is 2.77. The van der Waals surface area contributed by atoms with Crippen LogP contribution in [0.5, 0.6) is 0 Å². The summed E-state index contributed by atoms with van der Waals surface area (Å²) in [6, 6.07) is 5.97. The maximum absolute atomic E-state index is 13.7. The largest absolute Gasteiger partial charge is 0.339 e. The molecule has 0 unspecified atom stereocenters. The van der Waals surface area contributed by atoms with E-state index < -0.39 is 5.82 Å². The summed E-state index contributed by atoms with van der Waals surface area (Å²) in [5.74, 6) is -1.05. The van der Waals surface area contributed by atoms with Gasteiger partial charge in [-0.3, -0.25) is 9.59 Å². The number of hydrogen-bond donors (Lipinski definition) is 1. The molecule has 1 aliphatic rings. The Morgan fingerprint density at radius 1 is 1.29 bits per heavy atom. The molecule has 1 fully saturated rings. The first-order chi connectivity index (χ1) is 11.5. The molecular formula is C17H18FN3O2S.